The molecule has 2 aromatic carbocycles. The minimum Gasteiger partial charge on any atom is -0.443 e. The molecule has 0 radical (unpaired) electrons. The molecule has 0 aliphatic heterocycles. The van der Waals surface area contributed by atoms with Gasteiger partial charge in [0.25, 0.3) is 5.91 Å². The van der Waals surface area contributed by atoms with Crippen molar-refractivity contribution in [2.45, 2.75) is 33.3 Å². The van der Waals surface area contributed by atoms with E-state index in [1.165, 1.54) is 4.68 Å². The van der Waals surface area contributed by atoms with E-state index in [0.717, 1.165) is 22.2 Å². The summed E-state index contributed by atoms with van der Waals surface area (Å²) in [5.74, 6) is -0.279. The van der Waals surface area contributed by atoms with Crippen molar-refractivity contribution < 1.29 is 14.3 Å². The molecule has 1 amide bonds. The van der Waals surface area contributed by atoms with Gasteiger partial charge in [0.15, 0.2) is 0 Å². The Hall–Kier alpha value is -3.87. The highest BCUT2D eigenvalue weighted by atomic mass is 16.6. The number of ether oxygens (including phenoxy) is 1. The number of fused-ring (bicyclic) bond motifs is 1. The van der Waals surface area contributed by atoms with E-state index in [-0.39, 0.29) is 5.91 Å². The molecule has 0 atom stereocenters. The van der Waals surface area contributed by atoms with Gasteiger partial charge in [0.1, 0.15) is 11.3 Å². The van der Waals surface area contributed by atoms with E-state index in [1.807, 2.05) is 70.2 Å². The molecule has 0 fully saturated rings. The Morgan fingerprint density at radius 2 is 1.78 bits per heavy atom. The van der Waals surface area contributed by atoms with Crippen molar-refractivity contribution in [3.63, 3.8) is 0 Å². The Morgan fingerprint density at radius 1 is 1.03 bits per heavy atom. The number of hydrogen-bond acceptors (Lipinski definition) is 4. The molecule has 0 aliphatic rings. The molecule has 2 heterocycles. The van der Waals surface area contributed by atoms with Crippen molar-refractivity contribution in [1.29, 1.82) is 0 Å². The number of benzene rings is 2. The van der Waals surface area contributed by atoms with Crippen molar-refractivity contribution >= 4 is 28.6 Å². The zero-order valence-electron chi connectivity index (χ0n) is 18.8. The molecule has 32 heavy (non-hydrogen) atoms. The molecule has 0 spiro atoms. The number of carbonyl (C=O) groups is 2. The number of carbonyl (C=O) groups excluding carboxylic acids is 2. The van der Waals surface area contributed by atoms with E-state index in [0.29, 0.717) is 16.9 Å². The van der Waals surface area contributed by atoms with Gasteiger partial charge >= 0.3 is 6.09 Å². The monoisotopic (exact) mass is 430 g/mol. The van der Waals surface area contributed by atoms with Crippen LogP contribution in [0.1, 0.15) is 36.8 Å². The summed E-state index contributed by atoms with van der Waals surface area (Å²) >= 11 is 0. The number of aryl methyl sites for hydroxylation is 2. The Morgan fingerprint density at radius 3 is 2.44 bits per heavy atom. The second kappa shape index (κ2) is 8.00. The highest BCUT2D eigenvalue weighted by Crippen LogP contribution is 2.32. The summed E-state index contributed by atoms with van der Waals surface area (Å²) in [4.78, 5) is 25.9. The lowest BCUT2D eigenvalue weighted by Gasteiger charge is -2.21. The van der Waals surface area contributed by atoms with E-state index in [2.05, 4.69) is 10.4 Å². The highest BCUT2D eigenvalue weighted by molar-refractivity contribution is 6.05. The van der Waals surface area contributed by atoms with Gasteiger partial charge in [0.05, 0.1) is 11.2 Å². The molecule has 0 saturated heterocycles. The third-order valence-corrected chi connectivity index (χ3v) is 5.11. The average molecular weight is 431 g/mol. The topological polar surface area (TPSA) is 78.2 Å². The maximum Gasteiger partial charge on any atom is 0.419 e. The van der Waals surface area contributed by atoms with Crippen molar-refractivity contribution in [3.05, 3.63) is 72.1 Å². The van der Waals surface area contributed by atoms with Crippen LogP contribution in [-0.4, -0.2) is 31.9 Å². The average Bonchev–Trinajstić information content (AvgIpc) is 3.30. The maximum atomic E-state index is 13.2. The number of nitrogens with one attached hydrogen (secondary N) is 1. The van der Waals surface area contributed by atoms with Crippen molar-refractivity contribution in [2.75, 3.05) is 5.32 Å². The maximum absolute atomic E-state index is 13.2. The predicted octanol–water partition coefficient (Wildman–Crippen LogP) is 5.39. The number of amides is 1. The first-order valence-electron chi connectivity index (χ1n) is 10.4. The van der Waals surface area contributed by atoms with Gasteiger partial charge in [0.2, 0.25) is 0 Å². The molecule has 4 aromatic rings. The number of hydrogen-bond donors (Lipinski definition) is 1. The quantitative estimate of drug-likeness (QED) is 0.473. The molecule has 2 aromatic heterocycles. The lowest BCUT2D eigenvalue weighted by atomic mass is 10.1. The summed E-state index contributed by atoms with van der Waals surface area (Å²) < 4.78 is 8.79. The molecule has 7 heteroatoms. The lowest BCUT2D eigenvalue weighted by Crippen LogP contribution is -2.27. The molecule has 7 nitrogen and oxygen atoms in total. The smallest absolute Gasteiger partial charge is 0.419 e. The van der Waals surface area contributed by atoms with Crippen LogP contribution in [0.5, 0.6) is 0 Å². The molecule has 164 valence electrons. The summed E-state index contributed by atoms with van der Waals surface area (Å²) in [5.41, 5.74) is 3.74. The first kappa shape index (κ1) is 21.4. The van der Waals surface area contributed by atoms with E-state index >= 15 is 0 Å². The molecule has 0 saturated carbocycles. The number of anilines is 1. The van der Waals surface area contributed by atoms with Crippen molar-refractivity contribution in [3.8, 4) is 11.3 Å². The Bertz CT molecular complexity index is 1320. The van der Waals surface area contributed by atoms with Crippen LogP contribution in [0.25, 0.3) is 22.2 Å². The summed E-state index contributed by atoms with van der Waals surface area (Å²) in [5, 5.41) is 7.79. The Labute approximate surface area is 186 Å². The number of nitrogens with zero attached hydrogens (tertiary/aromatic N) is 3. The highest BCUT2D eigenvalue weighted by Gasteiger charge is 2.24. The van der Waals surface area contributed by atoms with Crippen LogP contribution in [0.3, 0.4) is 0 Å². The number of rotatable bonds is 3. The van der Waals surface area contributed by atoms with Gasteiger partial charge in [-0.15, -0.1) is 0 Å². The van der Waals surface area contributed by atoms with E-state index in [9.17, 15) is 9.59 Å². The van der Waals surface area contributed by atoms with Crippen LogP contribution in [0, 0.1) is 6.92 Å². The van der Waals surface area contributed by atoms with Crippen LogP contribution < -0.4 is 5.32 Å². The molecule has 0 unspecified atom stereocenters. The first-order valence-corrected chi connectivity index (χ1v) is 10.4. The first-order chi connectivity index (χ1) is 15.1. The summed E-state index contributed by atoms with van der Waals surface area (Å²) in [7, 11) is 1.71. The standard InChI is InChI=1S/C25H26N4O3/c1-16-8-6-7-9-19(16)22-14-17-10-11-18(27-23(30)20-12-13-26-28(20)5)15-21(17)29(22)24(31)32-25(2,3)4/h6-15H,1-5H3,(H,27,30). The zero-order valence-corrected chi connectivity index (χ0v) is 18.8. The third kappa shape index (κ3) is 4.14. The largest absolute Gasteiger partial charge is 0.443 e. The Kier molecular flexibility index (Phi) is 5.34. The molecule has 0 bridgehead atoms. The minimum atomic E-state index is -0.651. The molecular weight excluding hydrogens is 404 g/mol. The van der Waals surface area contributed by atoms with Crippen molar-refractivity contribution in [1.82, 2.24) is 14.3 Å². The SMILES string of the molecule is Cc1ccccc1-c1cc2ccc(NC(=O)c3ccnn3C)cc2n1C(=O)OC(C)(C)C. The lowest BCUT2D eigenvalue weighted by molar-refractivity contribution is 0.0547. The van der Waals surface area contributed by atoms with Crippen LogP contribution >= 0.6 is 0 Å². The third-order valence-electron chi connectivity index (χ3n) is 5.11. The van der Waals surface area contributed by atoms with Crippen LogP contribution in [0.15, 0.2) is 60.8 Å². The Balaban J connectivity index is 1.83. The van der Waals surface area contributed by atoms with Gasteiger partial charge in [-0.2, -0.15) is 5.10 Å². The summed E-state index contributed by atoms with van der Waals surface area (Å²) in [6.07, 6.45) is 1.10. The van der Waals surface area contributed by atoms with Crippen LogP contribution in [0.4, 0.5) is 10.5 Å². The summed E-state index contributed by atoms with van der Waals surface area (Å²) in [6, 6.07) is 17.0. The second-order valence-corrected chi connectivity index (χ2v) is 8.73. The molecule has 0 aliphatic carbocycles. The van der Waals surface area contributed by atoms with E-state index in [4.69, 9.17) is 4.74 Å². The van der Waals surface area contributed by atoms with Crippen LogP contribution in [0.2, 0.25) is 0 Å². The van der Waals surface area contributed by atoms with Gasteiger partial charge in [-0.05, 0) is 57.5 Å². The number of aromatic nitrogens is 3. The van der Waals surface area contributed by atoms with Crippen LogP contribution in [-0.2, 0) is 11.8 Å². The van der Waals surface area contributed by atoms with Gasteiger partial charge in [0, 0.05) is 29.9 Å². The fraction of sp³-hybridized carbons (Fsp3) is 0.240. The van der Waals surface area contributed by atoms with Gasteiger partial charge in [-0.25, -0.2) is 9.36 Å². The van der Waals surface area contributed by atoms with Gasteiger partial charge in [-0.3, -0.25) is 9.48 Å². The normalized spacial score (nSPS) is 11.5. The minimum absolute atomic E-state index is 0.279. The molecule has 1 N–H and O–H groups in total. The molecule has 4 rings (SSSR count). The second-order valence-electron chi connectivity index (χ2n) is 8.73. The zero-order chi connectivity index (χ0) is 23.0. The fourth-order valence-electron chi connectivity index (χ4n) is 3.63. The van der Waals surface area contributed by atoms with Gasteiger partial charge in [-0.1, -0.05) is 30.3 Å². The van der Waals surface area contributed by atoms with Crippen molar-refractivity contribution in [2.24, 2.45) is 7.05 Å². The predicted molar refractivity (Wildman–Crippen MR) is 125 cm³/mol. The van der Waals surface area contributed by atoms with Gasteiger partial charge < -0.3 is 10.1 Å². The molecular formula is C25H26N4O3. The fourth-order valence-corrected chi connectivity index (χ4v) is 3.63. The van der Waals surface area contributed by atoms with E-state index in [1.54, 1.807) is 29.9 Å². The summed E-state index contributed by atoms with van der Waals surface area (Å²) in [6.45, 7) is 7.52. The van der Waals surface area contributed by atoms with E-state index < -0.39 is 11.7 Å².